The van der Waals surface area contributed by atoms with E-state index in [1.54, 1.807) is 7.11 Å². The minimum Gasteiger partial charge on any atom is -0.380 e. The zero-order chi connectivity index (χ0) is 12.8. The van der Waals surface area contributed by atoms with Crippen LogP contribution < -0.4 is 11.3 Å². The zero-order valence-corrected chi connectivity index (χ0v) is 11.3. The van der Waals surface area contributed by atoms with Crippen LogP contribution in [0.1, 0.15) is 30.0 Å². The maximum Gasteiger partial charge on any atom is 0.0738 e. The molecule has 0 saturated heterocycles. The molecular weight excluding hydrogens is 212 g/mol. The highest BCUT2D eigenvalue weighted by atomic mass is 16.5. The molecule has 1 aromatic carbocycles. The van der Waals surface area contributed by atoms with Crippen LogP contribution in [0.15, 0.2) is 18.2 Å². The molecule has 0 radical (unpaired) electrons. The molecule has 0 aliphatic carbocycles. The maximum absolute atomic E-state index is 5.61. The van der Waals surface area contributed by atoms with Crippen LogP contribution in [0.3, 0.4) is 0 Å². The summed E-state index contributed by atoms with van der Waals surface area (Å²) >= 11 is 0. The molecule has 17 heavy (non-hydrogen) atoms. The first-order chi connectivity index (χ1) is 8.12. The van der Waals surface area contributed by atoms with Gasteiger partial charge in [0.2, 0.25) is 0 Å². The third kappa shape index (κ3) is 3.80. The number of rotatable bonds is 6. The van der Waals surface area contributed by atoms with Crippen molar-refractivity contribution < 1.29 is 4.74 Å². The van der Waals surface area contributed by atoms with Gasteiger partial charge in [-0.05, 0) is 43.4 Å². The molecule has 0 spiro atoms. The van der Waals surface area contributed by atoms with E-state index in [1.807, 2.05) is 0 Å². The van der Waals surface area contributed by atoms with Gasteiger partial charge in [0, 0.05) is 7.11 Å². The third-order valence-corrected chi connectivity index (χ3v) is 3.39. The second-order valence-electron chi connectivity index (χ2n) is 4.58. The van der Waals surface area contributed by atoms with Gasteiger partial charge in [0.25, 0.3) is 0 Å². The Bertz CT molecular complexity index is 348. The number of hydrazine groups is 1. The van der Waals surface area contributed by atoms with E-state index < -0.39 is 0 Å². The standard InChI is InChI=1S/C14H24N2O/c1-5-14(17-4)13(16-15)9-12-7-6-10(2)11(3)8-12/h6-8,13-14,16H,5,9,15H2,1-4H3. The molecule has 2 atom stereocenters. The lowest BCUT2D eigenvalue weighted by atomic mass is 9.97. The second kappa shape index (κ2) is 6.74. The van der Waals surface area contributed by atoms with E-state index in [0.29, 0.717) is 0 Å². The normalized spacial score (nSPS) is 14.6. The van der Waals surface area contributed by atoms with Crippen molar-refractivity contribution >= 4 is 0 Å². The highest BCUT2D eigenvalue weighted by Crippen LogP contribution is 2.14. The molecule has 2 unspecified atom stereocenters. The molecule has 0 bridgehead atoms. The fraction of sp³-hybridized carbons (Fsp3) is 0.571. The summed E-state index contributed by atoms with van der Waals surface area (Å²) < 4.78 is 5.44. The first-order valence-corrected chi connectivity index (χ1v) is 6.17. The van der Waals surface area contributed by atoms with Crippen LogP contribution in [-0.2, 0) is 11.2 Å². The topological polar surface area (TPSA) is 47.3 Å². The van der Waals surface area contributed by atoms with Gasteiger partial charge in [-0.2, -0.15) is 0 Å². The first-order valence-electron chi connectivity index (χ1n) is 6.17. The van der Waals surface area contributed by atoms with E-state index >= 15 is 0 Å². The van der Waals surface area contributed by atoms with Gasteiger partial charge < -0.3 is 4.74 Å². The summed E-state index contributed by atoms with van der Waals surface area (Å²) in [5.41, 5.74) is 6.81. The van der Waals surface area contributed by atoms with E-state index in [2.05, 4.69) is 44.4 Å². The average Bonchev–Trinajstić information content (AvgIpc) is 2.33. The number of benzene rings is 1. The second-order valence-corrected chi connectivity index (χ2v) is 4.58. The third-order valence-electron chi connectivity index (χ3n) is 3.39. The van der Waals surface area contributed by atoms with Crippen molar-refractivity contribution in [3.63, 3.8) is 0 Å². The predicted octanol–water partition coefficient (Wildman–Crippen LogP) is 2.10. The maximum atomic E-state index is 5.61. The van der Waals surface area contributed by atoms with Crippen molar-refractivity contribution in [3.8, 4) is 0 Å². The van der Waals surface area contributed by atoms with Crippen LogP contribution in [0.25, 0.3) is 0 Å². The van der Waals surface area contributed by atoms with Crippen molar-refractivity contribution in [1.82, 2.24) is 5.43 Å². The Morgan fingerprint density at radius 3 is 2.47 bits per heavy atom. The highest BCUT2D eigenvalue weighted by Gasteiger charge is 2.18. The molecule has 1 aromatic rings. The molecule has 0 saturated carbocycles. The fourth-order valence-corrected chi connectivity index (χ4v) is 2.10. The SMILES string of the molecule is CCC(OC)C(Cc1ccc(C)c(C)c1)NN. The number of hydrogen-bond donors (Lipinski definition) is 2. The molecule has 3 N–H and O–H groups in total. The van der Waals surface area contributed by atoms with Crippen molar-refractivity contribution in [2.45, 2.75) is 45.8 Å². The lowest BCUT2D eigenvalue weighted by molar-refractivity contribution is 0.0653. The van der Waals surface area contributed by atoms with Crippen LogP contribution in [0.2, 0.25) is 0 Å². The summed E-state index contributed by atoms with van der Waals surface area (Å²) in [6, 6.07) is 6.70. The first kappa shape index (κ1) is 14.2. The Hall–Kier alpha value is -0.900. The number of nitrogens with two attached hydrogens (primary N) is 1. The van der Waals surface area contributed by atoms with E-state index in [-0.39, 0.29) is 12.1 Å². The Morgan fingerprint density at radius 1 is 1.29 bits per heavy atom. The van der Waals surface area contributed by atoms with Crippen LogP contribution >= 0.6 is 0 Å². The van der Waals surface area contributed by atoms with Crippen LogP contribution in [0, 0.1) is 13.8 Å². The fourth-order valence-electron chi connectivity index (χ4n) is 2.10. The van der Waals surface area contributed by atoms with Crippen LogP contribution in [0.4, 0.5) is 0 Å². The molecule has 0 aromatic heterocycles. The van der Waals surface area contributed by atoms with Crippen molar-refractivity contribution in [1.29, 1.82) is 0 Å². The van der Waals surface area contributed by atoms with Crippen LogP contribution in [-0.4, -0.2) is 19.3 Å². The molecule has 0 amide bonds. The molecule has 96 valence electrons. The van der Waals surface area contributed by atoms with Crippen molar-refractivity contribution in [2.75, 3.05) is 7.11 Å². The molecule has 1 rings (SSSR count). The van der Waals surface area contributed by atoms with Gasteiger partial charge in [-0.15, -0.1) is 0 Å². The summed E-state index contributed by atoms with van der Waals surface area (Å²) in [5, 5.41) is 0. The number of hydrogen-bond acceptors (Lipinski definition) is 3. The Labute approximate surface area is 104 Å². The number of aryl methyl sites for hydroxylation is 2. The predicted molar refractivity (Wildman–Crippen MR) is 71.8 cm³/mol. The summed E-state index contributed by atoms with van der Waals surface area (Å²) in [5.74, 6) is 5.61. The number of methoxy groups -OCH3 is 1. The Morgan fingerprint density at radius 2 is 2.00 bits per heavy atom. The van der Waals surface area contributed by atoms with Crippen molar-refractivity contribution in [3.05, 3.63) is 34.9 Å². The minimum absolute atomic E-state index is 0.154. The number of ether oxygens (including phenoxy) is 1. The Balaban J connectivity index is 2.76. The number of nitrogens with one attached hydrogen (secondary N) is 1. The van der Waals surface area contributed by atoms with Gasteiger partial charge in [0.1, 0.15) is 0 Å². The van der Waals surface area contributed by atoms with Gasteiger partial charge in [0.05, 0.1) is 12.1 Å². The molecule has 0 aliphatic rings. The molecule has 3 heteroatoms. The monoisotopic (exact) mass is 236 g/mol. The smallest absolute Gasteiger partial charge is 0.0738 e. The van der Waals surface area contributed by atoms with Gasteiger partial charge in [-0.25, -0.2) is 0 Å². The molecule has 0 aliphatic heterocycles. The summed E-state index contributed by atoms with van der Waals surface area (Å²) in [6.07, 6.45) is 2.00. The van der Waals surface area contributed by atoms with Gasteiger partial charge in [-0.3, -0.25) is 11.3 Å². The van der Waals surface area contributed by atoms with E-state index in [4.69, 9.17) is 10.6 Å². The largest absolute Gasteiger partial charge is 0.380 e. The summed E-state index contributed by atoms with van der Waals surface area (Å²) in [6.45, 7) is 6.37. The lowest BCUT2D eigenvalue weighted by Gasteiger charge is -2.24. The van der Waals surface area contributed by atoms with E-state index in [1.165, 1.54) is 16.7 Å². The summed E-state index contributed by atoms with van der Waals surface area (Å²) in [7, 11) is 1.74. The van der Waals surface area contributed by atoms with E-state index in [9.17, 15) is 0 Å². The lowest BCUT2D eigenvalue weighted by Crippen LogP contribution is -2.46. The molecule has 0 fully saturated rings. The van der Waals surface area contributed by atoms with Gasteiger partial charge in [-0.1, -0.05) is 25.1 Å². The Kier molecular flexibility index (Phi) is 5.62. The average molecular weight is 236 g/mol. The van der Waals surface area contributed by atoms with Gasteiger partial charge in [0.15, 0.2) is 0 Å². The van der Waals surface area contributed by atoms with Gasteiger partial charge >= 0.3 is 0 Å². The van der Waals surface area contributed by atoms with Crippen LogP contribution in [0.5, 0.6) is 0 Å². The highest BCUT2D eigenvalue weighted by molar-refractivity contribution is 5.30. The van der Waals surface area contributed by atoms with E-state index in [0.717, 1.165) is 12.8 Å². The molecule has 3 nitrogen and oxygen atoms in total. The summed E-state index contributed by atoms with van der Waals surface area (Å²) in [4.78, 5) is 0. The minimum atomic E-state index is 0.154. The zero-order valence-electron chi connectivity index (χ0n) is 11.3. The van der Waals surface area contributed by atoms with Crippen molar-refractivity contribution in [2.24, 2.45) is 5.84 Å². The molecule has 0 heterocycles. The molecular formula is C14H24N2O. The quantitative estimate of drug-likeness (QED) is 0.587.